The molecule has 0 aliphatic carbocycles. The van der Waals surface area contributed by atoms with Crippen LogP contribution >= 0.6 is 11.6 Å². The maximum atomic E-state index is 12.8. The summed E-state index contributed by atoms with van der Waals surface area (Å²) in [5, 5.41) is 13.6. The van der Waals surface area contributed by atoms with Gasteiger partial charge >= 0.3 is 5.97 Å². The van der Waals surface area contributed by atoms with Gasteiger partial charge in [-0.15, -0.1) is 0 Å². The highest BCUT2D eigenvalue weighted by atomic mass is 35.5. The minimum Gasteiger partial charge on any atom is -0.480 e. The summed E-state index contributed by atoms with van der Waals surface area (Å²) in [6.07, 6.45) is 1.75. The van der Waals surface area contributed by atoms with E-state index in [-0.39, 0.29) is 11.4 Å². The van der Waals surface area contributed by atoms with Crippen LogP contribution in [0.4, 0.5) is 0 Å². The quantitative estimate of drug-likeness (QED) is 0.806. The number of carbonyl (C=O) groups is 1. The lowest BCUT2D eigenvalue weighted by Gasteiger charge is -2.19. The lowest BCUT2D eigenvalue weighted by Crippen LogP contribution is -2.36. The van der Waals surface area contributed by atoms with Crippen LogP contribution < -0.4 is 0 Å². The van der Waals surface area contributed by atoms with Gasteiger partial charge in [0.25, 0.3) is 0 Å². The second kappa shape index (κ2) is 7.33. The number of halogens is 1. The third-order valence-corrected chi connectivity index (χ3v) is 5.64. The summed E-state index contributed by atoms with van der Waals surface area (Å²) in [7, 11) is -3.94. The van der Waals surface area contributed by atoms with Crippen molar-refractivity contribution in [1.82, 2.24) is 14.1 Å². The molecule has 0 spiro atoms. The number of hydrogen-bond donors (Lipinski definition) is 1. The molecule has 1 aromatic heterocycles. The van der Waals surface area contributed by atoms with E-state index >= 15 is 0 Å². The summed E-state index contributed by atoms with van der Waals surface area (Å²) < 4.78 is 28.0. The van der Waals surface area contributed by atoms with E-state index in [2.05, 4.69) is 5.10 Å². The smallest absolute Gasteiger partial charge is 0.318 e. The van der Waals surface area contributed by atoms with Crippen molar-refractivity contribution < 1.29 is 18.3 Å². The van der Waals surface area contributed by atoms with Crippen molar-refractivity contribution in [2.45, 2.75) is 25.2 Å². The van der Waals surface area contributed by atoms with Crippen LogP contribution in [0, 0.1) is 6.92 Å². The highest BCUT2D eigenvalue weighted by Gasteiger charge is 2.29. The molecule has 1 heterocycles. The van der Waals surface area contributed by atoms with Gasteiger partial charge < -0.3 is 5.11 Å². The van der Waals surface area contributed by atoms with E-state index in [0.29, 0.717) is 22.8 Å². The number of sulfonamides is 1. The number of benzene rings is 1. The predicted molar refractivity (Wildman–Crippen MR) is 90.0 cm³/mol. The SMILES string of the molecule is CCCN(CC(=O)O)S(=O)(=O)c1cnn(-c2ccc(Cl)cc2)c1C. The van der Waals surface area contributed by atoms with Crippen LogP contribution in [0.1, 0.15) is 19.0 Å². The molecule has 0 aliphatic heterocycles. The zero-order valence-electron chi connectivity index (χ0n) is 13.3. The van der Waals surface area contributed by atoms with E-state index in [9.17, 15) is 13.2 Å². The Kier molecular flexibility index (Phi) is 5.63. The Morgan fingerprint density at radius 2 is 1.96 bits per heavy atom. The molecule has 0 radical (unpaired) electrons. The number of hydrogen-bond acceptors (Lipinski definition) is 4. The number of aromatic nitrogens is 2. The highest BCUT2D eigenvalue weighted by molar-refractivity contribution is 7.89. The van der Waals surface area contributed by atoms with Crippen molar-refractivity contribution in [1.29, 1.82) is 0 Å². The lowest BCUT2D eigenvalue weighted by molar-refractivity contribution is -0.137. The second-order valence-corrected chi connectivity index (χ2v) is 7.56. The first-order chi connectivity index (χ1) is 11.3. The number of aliphatic carboxylic acids is 1. The molecule has 2 aromatic rings. The molecule has 9 heteroatoms. The summed E-state index contributed by atoms with van der Waals surface area (Å²) in [6, 6.07) is 6.81. The van der Waals surface area contributed by atoms with Crippen LogP contribution in [0.2, 0.25) is 5.02 Å². The topological polar surface area (TPSA) is 92.5 Å². The minimum atomic E-state index is -3.94. The molecule has 1 aromatic carbocycles. The summed E-state index contributed by atoms with van der Waals surface area (Å²) in [5.41, 5.74) is 1.07. The fraction of sp³-hybridized carbons (Fsp3) is 0.333. The molecule has 0 bridgehead atoms. The number of carboxylic acid groups (broad SMARTS) is 1. The van der Waals surface area contributed by atoms with Gasteiger partial charge in [-0.1, -0.05) is 18.5 Å². The van der Waals surface area contributed by atoms with Gasteiger partial charge in [0, 0.05) is 11.6 Å². The average molecular weight is 372 g/mol. The fourth-order valence-corrected chi connectivity index (χ4v) is 4.06. The molecule has 2 rings (SSSR count). The Morgan fingerprint density at radius 1 is 1.33 bits per heavy atom. The van der Waals surface area contributed by atoms with Gasteiger partial charge in [-0.05, 0) is 37.6 Å². The average Bonchev–Trinajstić information content (AvgIpc) is 2.89. The van der Waals surface area contributed by atoms with Gasteiger partial charge in [0.15, 0.2) is 0 Å². The van der Waals surface area contributed by atoms with Gasteiger partial charge in [-0.2, -0.15) is 9.40 Å². The van der Waals surface area contributed by atoms with Crippen LogP contribution in [0.3, 0.4) is 0 Å². The van der Waals surface area contributed by atoms with Crippen LogP contribution in [0.15, 0.2) is 35.4 Å². The molecule has 130 valence electrons. The van der Waals surface area contributed by atoms with E-state index < -0.39 is 22.5 Å². The largest absolute Gasteiger partial charge is 0.480 e. The minimum absolute atomic E-state index is 0.00727. The maximum Gasteiger partial charge on any atom is 0.318 e. The van der Waals surface area contributed by atoms with Gasteiger partial charge in [0.1, 0.15) is 11.4 Å². The van der Waals surface area contributed by atoms with Crippen molar-refractivity contribution in [2.75, 3.05) is 13.1 Å². The highest BCUT2D eigenvalue weighted by Crippen LogP contribution is 2.23. The number of rotatable bonds is 7. The van der Waals surface area contributed by atoms with Gasteiger partial charge in [0.2, 0.25) is 10.0 Å². The normalized spacial score (nSPS) is 11.8. The molecule has 0 atom stereocenters. The molecule has 0 aliphatic rings. The third-order valence-electron chi connectivity index (χ3n) is 3.44. The van der Waals surface area contributed by atoms with Gasteiger partial charge in [0.05, 0.1) is 17.6 Å². The molecular formula is C15H18ClN3O4S. The second-order valence-electron chi connectivity index (χ2n) is 5.21. The van der Waals surface area contributed by atoms with Crippen molar-refractivity contribution in [3.05, 3.63) is 41.2 Å². The Bertz CT molecular complexity index is 831. The van der Waals surface area contributed by atoms with Crippen molar-refractivity contribution in [3.8, 4) is 5.69 Å². The Hall–Kier alpha value is -1.90. The lowest BCUT2D eigenvalue weighted by atomic mass is 10.3. The molecule has 0 amide bonds. The zero-order valence-corrected chi connectivity index (χ0v) is 14.9. The zero-order chi connectivity index (χ0) is 17.9. The molecular weight excluding hydrogens is 354 g/mol. The predicted octanol–water partition coefficient (Wildman–Crippen LogP) is 2.32. The van der Waals surface area contributed by atoms with Crippen LogP contribution in [0.25, 0.3) is 5.69 Å². The standard InChI is InChI=1S/C15H18ClN3O4S/c1-3-8-18(10-15(20)21)24(22,23)14-9-17-19(11(14)2)13-6-4-12(16)5-7-13/h4-7,9H,3,8,10H2,1-2H3,(H,20,21). The van der Waals surface area contributed by atoms with Crippen LogP contribution in [0.5, 0.6) is 0 Å². The molecule has 0 saturated carbocycles. The van der Waals surface area contributed by atoms with E-state index in [4.69, 9.17) is 16.7 Å². The molecule has 0 saturated heterocycles. The first-order valence-electron chi connectivity index (χ1n) is 7.30. The van der Waals surface area contributed by atoms with E-state index in [1.54, 1.807) is 38.1 Å². The van der Waals surface area contributed by atoms with Crippen molar-refractivity contribution >= 4 is 27.6 Å². The van der Waals surface area contributed by atoms with Crippen LogP contribution in [-0.2, 0) is 14.8 Å². The number of carboxylic acids is 1. The van der Waals surface area contributed by atoms with E-state index in [1.807, 2.05) is 0 Å². The summed E-state index contributed by atoms with van der Waals surface area (Å²) in [5.74, 6) is -1.20. The summed E-state index contributed by atoms with van der Waals surface area (Å²) in [6.45, 7) is 2.95. The van der Waals surface area contributed by atoms with E-state index in [0.717, 1.165) is 4.31 Å². The van der Waals surface area contributed by atoms with E-state index in [1.165, 1.54) is 10.9 Å². The third kappa shape index (κ3) is 3.77. The molecule has 7 nitrogen and oxygen atoms in total. The maximum absolute atomic E-state index is 12.8. The van der Waals surface area contributed by atoms with Crippen LogP contribution in [-0.4, -0.2) is 46.7 Å². The molecule has 24 heavy (non-hydrogen) atoms. The van der Waals surface area contributed by atoms with Gasteiger partial charge in [-0.3, -0.25) is 4.79 Å². The fourth-order valence-electron chi connectivity index (χ4n) is 2.31. The van der Waals surface area contributed by atoms with Crippen molar-refractivity contribution in [2.24, 2.45) is 0 Å². The van der Waals surface area contributed by atoms with Gasteiger partial charge in [-0.25, -0.2) is 13.1 Å². The first-order valence-corrected chi connectivity index (χ1v) is 9.11. The number of nitrogens with zero attached hydrogens (tertiary/aromatic N) is 3. The Labute approximate surface area is 145 Å². The molecule has 0 fully saturated rings. The Morgan fingerprint density at radius 3 is 2.50 bits per heavy atom. The summed E-state index contributed by atoms with van der Waals surface area (Å²) >= 11 is 5.85. The first kappa shape index (κ1) is 18.4. The monoisotopic (exact) mass is 371 g/mol. The molecule has 0 unspecified atom stereocenters. The molecule has 1 N–H and O–H groups in total. The summed E-state index contributed by atoms with van der Waals surface area (Å²) in [4.78, 5) is 11.0. The van der Waals surface area contributed by atoms with Crippen molar-refractivity contribution in [3.63, 3.8) is 0 Å². The Balaban J connectivity index is 2.44.